The molecule has 0 saturated carbocycles. The highest BCUT2D eigenvalue weighted by atomic mass is 16.2. The molecule has 0 atom stereocenters. The molecule has 0 fully saturated rings. The third-order valence-electron chi connectivity index (χ3n) is 4.68. The van der Waals surface area contributed by atoms with Crippen LogP contribution in [0.5, 0.6) is 0 Å². The molecule has 0 aliphatic rings. The molecule has 30 heavy (non-hydrogen) atoms. The van der Waals surface area contributed by atoms with Crippen LogP contribution in [-0.2, 0) is 9.59 Å². The zero-order valence-corrected chi connectivity index (χ0v) is 18.0. The van der Waals surface area contributed by atoms with E-state index in [-0.39, 0.29) is 11.8 Å². The number of rotatable bonds is 12. The van der Waals surface area contributed by atoms with E-state index in [2.05, 4.69) is 29.8 Å². The number of carbonyl (C=O) groups is 2. The van der Waals surface area contributed by atoms with E-state index in [0.29, 0.717) is 30.1 Å². The highest BCUT2D eigenvalue weighted by molar-refractivity contribution is 5.93. The van der Waals surface area contributed by atoms with E-state index >= 15 is 0 Å². The summed E-state index contributed by atoms with van der Waals surface area (Å²) in [5, 5.41) is 9.12. The Morgan fingerprint density at radius 1 is 0.800 bits per heavy atom. The Balaban J connectivity index is 1.55. The van der Waals surface area contributed by atoms with E-state index in [4.69, 9.17) is 5.73 Å². The van der Waals surface area contributed by atoms with Gasteiger partial charge in [-0.05, 0) is 55.2 Å². The van der Waals surface area contributed by atoms with Gasteiger partial charge < -0.3 is 21.7 Å². The smallest absolute Gasteiger partial charge is 0.224 e. The van der Waals surface area contributed by atoms with Crippen molar-refractivity contribution in [3.05, 3.63) is 48.5 Å². The highest BCUT2D eigenvalue weighted by Gasteiger charge is 2.06. The van der Waals surface area contributed by atoms with E-state index < -0.39 is 0 Å². The van der Waals surface area contributed by atoms with Crippen molar-refractivity contribution in [1.82, 2.24) is 0 Å². The van der Waals surface area contributed by atoms with E-state index in [1.165, 1.54) is 0 Å². The monoisotopic (exact) mass is 410 g/mol. The average molecular weight is 411 g/mol. The summed E-state index contributed by atoms with van der Waals surface area (Å²) < 4.78 is 0. The summed E-state index contributed by atoms with van der Waals surface area (Å²) >= 11 is 0. The molecule has 2 aromatic rings. The number of hydrogen-bond donors (Lipinski definition) is 4. The minimum atomic E-state index is -0.0306. The van der Waals surface area contributed by atoms with Crippen LogP contribution >= 0.6 is 0 Å². The van der Waals surface area contributed by atoms with Gasteiger partial charge in [-0.2, -0.15) is 0 Å². The van der Waals surface area contributed by atoms with Crippen molar-refractivity contribution >= 4 is 34.6 Å². The van der Waals surface area contributed by atoms with Crippen molar-refractivity contribution in [3.63, 3.8) is 0 Å². The lowest BCUT2D eigenvalue weighted by Crippen LogP contribution is -2.12. The lowest BCUT2D eigenvalue weighted by molar-refractivity contribution is -0.117. The average Bonchev–Trinajstić information content (AvgIpc) is 2.71. The molecular formula is C24H34N4O2. The number of nitrogens with one attached hydrogen (secondary N) is 3. The predicted molar refractivity (Wildman–Crippen MR) is 126 cm³/mol. The molecule has 6 nitrogen and oxygen atoms in total. The van der Waals surface area contributed by atoms with E-state index in [9.17, 15) is 9.59 Å². The van der Waals surface area contributed by atoms with Gasteiger partial charge in [0.2, 0.25) is 11.8 Å². The van der Waals surface area contributed by atoms with Gasteiger partial charge in [-0.1, -0.05) is 38.8 Å². The van der Waals surface area contributed by atoms with Crippen LogP contribution in [-0.4, -0.2) is 18.4 Å². The van der Waals surface area contributed by atoms with Crippen molar-refractivity contribution in [2.45, 2.75) is 52.4 Å². The molecule has 6 heteroatoms. The predicted octanol–water partition coefficient (Wildman–Crippen LogP) is 5.25. The largest absolute Gasteiger partial charge is 0.397 e. The standard InChI is InChI=1S/C24H34N4O2/c1-18(2)17-26-19-13-15-20(16-14-19)27-23(29)11-5-3-4-6-12-24(30)28-22-10-8-7-9-21(22)25/h7-10,13-16,18,26H,3-6,11-12,17,25H2,1-2H3,(H,27,29)(H,28,30). The lowest BCUT2D eigenvalue weighted by Gasteiger charge is -2.10. The van der Waals surface area contributed by atoms with Crippen molar-refractivity contribution in [3.8, 4) is 0 Å². The van der Waals surface area contributed by atoms with E-state index in [1.807, 2.05) is 36.4 Å². The number of para-hydroxylation sites is 2. The van der Waals surface area contributed by atoms with Gasteiger partial charge in [0, 0.05) is 30.8 Å². The first-order valence-corrected chi connectivity index (χ1v) is 10.7. The number of unbranched alkanes of at least 4 members (excludes halogenated alkanes) is 3. The van der Waals surface area contributed by atoms with Crippen molar-refractivity contribution in [1.29, 1.82) is 0 Å². The summed E-state index contributed by atoms with van der Waals surface area (Å²) in [6, 6.07) is 15.0. The first-order valence-electron chi connectivity index (χ1n) is 10.7. The molecule has 2 amide bonds. The molecule has 2 rings (SSSR count). The normalized spacial score (nSPS) is 10.6. The Hall–Kier alpha value is -3.02. The van der Waals surface area contributed by atoms with Crippen molar-refractivity contribution < 1.29 is 9.59 Å². The number of anilines is 4. The Kier molecular flexibility index (Phi) is 9.71. The SMILES string of the molecule is CC(C)CNc1ccc(NC(=O)CCCCCCC(=O)Nc2ccccc2N)cc1. The second-order valence-corrected chi connectivity index (χ2v) is 7.95. The van der Waals surface area contributed by atoms with Crippen LogP contribution < -0.4 is 21.7 Å². The fraction of sp³-hybridized carbons (Fsp3) is 0.417. The van der Waals surface area contributed by atoms with Gasteiger partial charge in [0.05, 0.1) is 11.4 Å². The lowest BCUT2D eigenvalue weighted by atomic mass is 10.1. The molecular weight excluding hydrogens is 376 g/mol. The summed E-state index contributed by atoms with van der Waals surface area (Å²) in [7, 11) is 0. The number of benzene rings is 2. The van der Waals surface area contributed by atoms with Gasteiger partial charge in [-0.15, -0.1) is 0 Å². The van der Waals surface area contributed by atoms with Gasteiger partial charge in [0.15, 0.2) is 0 Å². The van der Waals surface area contributed by atoms with Gasteiger partial charge >= 0.3 is 0 Å². The van der Waals surface area contributed by atoms with Crippen LogP contribution in [0.4, 0.5) is 22.7 Å². The van der Waals surface area contributed by atoms with E-state index in [0.717, 1.165) is 43.6 Å². The summed E-state index contributed by atoms with van der Waals surface area (Å²) in [6.45, 7) is 5.25. The Bertz CT molecular complexity index is 803. The molecule has 0 bridgehead atoms. The number of nitrogen functional groups attached to an aromatic ring is 1. The molecule has 0 radical (unpaired) electrons. The molecule has 5 N–H and O–H groups in total. The quantitative estimate of drug-likeness (QED) is 0.284. The van der Waals surface area contributed by atoms with Crippen LogP contribution in [0.2, 0.25) is 0 Å². The molecule has 0 unspecified atom stereocenters. The summed E-state index contributed by atoms with van der Waals surface area (Å²) in [5.74, 6) is 0.577. The third-order valence-corrected chi connectivity index (χ3v) is 4.68. The zero-order chi connectivity index (χ0) is 21.8. The fourth-order valence-corrected chi connectivity index (χ4v) is 2.97. The van der Waals surface area contributed by atoms with Crippen LogP contribution in [0.25, 0.3) is 0 Å². The van der Waals surface area contributed by atoms with Crippen molar-refractivity contribution in [2.24, 2.45) is 5.92 Å². The molecule has 0 aromatic heterocycles. The molecule has 0 saturated heterocycles. The topological polar surface area (TPSA) is 96.2 Å². The summed E-state index contributed by atoms with van der Waals surface area (Å²) in [6.07, 6.45) is 4.39. The van der Waals surface area contributed by atoms with Gasteiger partial charge in [-0.3, -0.25) is 9.59 Å². The summed E-state index contributed by atoms with van der Waals surface area (Å²) in [5.41, 5.74) is 8.91. The maximum Gasteiger partial charge on any atom is 0.224 e. The van der Waals surface area contributed by atoms with E-state index in [1.54, 1.807) is 12.1 Å². The molecule has 0 spiro atoms. The number of amides is 2. The highest BCUT2D eigenvalue weighted by Crippen LogP contribution is 2.18. The second kappa shape index (κ2) is 12.5. The molecule has 0 aliphatic heterocycles. The first-order chi connectivity index (χ1) is 14.4. The maximum atomic E-state index is 12.1. The molecule has 0 aliphatic carbocycles. The third kappa shape index (κ3) is 8.99. The second-order valence-electron chi connectivity index (χ2n) is 7.95. The molecule has 2 aromatic carbocycles. The molecule has 0 heterocycles. The Morgan fingerprint density at radius 3 is 1.97 bits per heavy atom. The van der Waals surface area contributed by atoms with Gasteiger partial charge in [0.1, 0.15) is 0 Å². The number of carbonyl (C=O) groups excluding carboxylic acids is 2. The zero-order valence-electron chi connectivity index (χ0n) is 18.0. The molecule has 162 valence electrons. The van der Waals surface area contributed by atoms with Crippen LogP contribution in [0, 0.1) is 5.92 Å². The summed E-state index contributed by atoms with van der Waals surface area (Å²) in [4.78, 5) is 24.1. The maximum absolute atomic E-state index is 12.1. The van der Waals surface area contributed by atoms with Crippen LogP contribution in [0.3, 0.4) is 0 Å². The van der Waals surface area contributed by atoms with Gasteiger partial charge in [0.25, 0.3) is 0 Å². The minimum Gasteiger partial charge on any atom is -0.397 e. The fourth-order valence-electron chi connectivity index (χ4n) is 2.97. The number of hydrogen-bond acceptors (Lipinski definition) is 4. The van der Waals surface area contributed by atoms with Gasteiger partial charge in [-0.25, -0.2) is 0 Å². The number of nitrogens with two attached hydrogens (primary N) is 1. The van der Waals surface area contributed by atoms with Crippen LogP contribution in [0.15, 0.2) is 48.5 Å². The minimum absolute atomic E-state index is 0.0233. The van der Waals surface area contributed by atoms with Crippen molar-refractivity contribution in [2.75, 3.05) is 28.2 Å². The Labute approximate surface area is 179 Å². The van der Waals surface area contributed by atoms with Crippen LogP contribution in [0.1, 0.15) is 52.4 Å². The first kappa shape index (κ1) is 23.3. The Morgan fingerprint density at radius 2 is 1.37 bits per heavy atom.